The highest BCUT2D eigenvalue weighted by Gasteiger charge is 2.00. The summed E-state index contributed by atoms with van der Waals surface area (Å²) in [7, 11) is 0. The normalized spacial score (nSPS) is 10.2. The summed E-state index contributed by atoms with van der Waals surface area (Å²) in [4.78, 5) is 8.17. The number of ether oxygens (including phenoxy) is 2. The van der Waals surface area contributed by atoms with Gasteiger partial charge in [0, 0.05) is 12.7 Å². The summed E-state index contributed by atoms with van der Waals surface area (Å²) in [5.74, 6) is 0. The Morgan fingerprint density at radius 2 is 1.79 bits per heavy atom. The predicted octanol–water partition coefficient (Wildman–Crippen LogP) is 1.31. The van der Waals surface area contributed by atoms with E-state index in [2.05, 4.69) is 16.0 Å². The minimum atomic E-state index is 0.401. The molecular weight excluding hydrogens is 180 g/mol. The molecule has 0 bridgehead atoms. The second kappa shape index (κ2) is 5.54. The van der Waals surface area contributed by atoms with Gasteiger partial charge in [0.25, 0.3) is 0 Å². The van der Waals surface area contributed by atoms with Crippen molar-refractivity contribution >= 4 is 0 Å². The third-order valence-corrected chi connectivity index (χ3v) is 1.55. The lowest BCUT2D eigenvalue weighted by atomic mass is 10.4. The molecule has 1 rings (SSSR count). The average molecular weight is 195 g/mol. The second-order valence-electron chi connectivity index (χ2n) is 2.85. The monoisotopic (exact) mass is 195 g/mol. The van der Waals surface area contributed by atoms with Gasteiger partial charge in [0.15, 0.2) is 0 Å². The zero-order valence-electron chi connectivity index (χ0n) is 8.83. The van der Waals surface area contributed by atoms with Crippen molar-refractivity contribution in [1.29, 1.82) is 0 Å². The first-order valence-corrected chi connectivity index (χ1v) is 4.67. The largest absolute Gasteiger partial charge is 0.461 e. The van der Waals surface area contributed by atoms with E-state index in [1.54, 1.807) is 0 Å². The van der Waals surface area contributed by atoms with Gasteiger partial charge in [-0.25, -0.2) is 0 Å². The topological polar surface area (TPSA) is 44.2 Å². The van der Waals surface area contributed by atoms with Crippen LogP contribution in [0.3, 0.4) is 0 Å². The lowest BCUT2D eigenvalue weighted by Crippen LogP contribution is -2.09. The fourth-order valence-electron chi connectivity index (χ4n) is 1.03. The molecule has 1 aromatic heterocycles. The molecule has 4 nitrogen and oxygen atoms in total. The van der Waals surface area contributed by atoms with Crippen LogP contribution in [0.4, 0.5) is 0 Å². The van der Waals surface area contributed by atoms with Gasteiger partial charge in [0.05, 0.1) is 18.0 Å². The maximum atomic E-state index is 5.30. The van der Waals surface area contributed by atoms with Crippen molar-refractivity contribution in [3.63, 3.8) is 0 Å². The number of hydrogen-bond acceptors (Lipinski definition) is 4. The molecule has 1 aromatic rings. The Kier molecular flexibility index (Phi) is 4.32. The molecule has 77 valence electrons. The lowest BCUT2D eigenvalue weighted by molar-refractivity contribution is 0.106. The summed E-state index contributed by atoms with van der Waals surface area (Å²) in [5, 5.41) is 0. The molecule has 0 aliphatic rings. The van der Waals surface area contributed by atoms with E-state index >= 15 is 0 Å². The first-order chi connectivity index (χ1) is 6.72. The Morgan fingerprint density at radius 1 is 1.14 bits per heavy atom. The average Bonchev–Trinajstić information content (AvgIpc) is 2.11. The van der Waals surface area contributed by atoms with E-state index in [9.17, 15) is 0 Å². The van der Waals surface area contributed by atoms with Crippen LogP contribution in [0.1, 0.15) is 18.3 Å². The molecule has 0 N–H and O–H groups in total. The Morgan fingerprint density at radius 3 is 2.36 bits per heavy atom. The lowest BCUT2D eigenvalue weighted by Gasteiger charge is -2.05. The minimum absolute atomic E-state index is 0.401. The summed E-state index contributed by atoms with van der Waals surface area (Å²) < 4.78 is 10.4. The number of aryl methyl sites for hydroxylation is 2. The first-order valence-electron chi connectivity index (χ1n) is 4.67. The molecule has 0 aliphatic heterocycles. The van der Waals surface area contributed by atoms with Gasteiger partial charge in [-0.2, -0.15) is 9.97 Å². The van der Waals surface area contributed by atoms with E-state index in [0.717, 1.165) is 11.4 Å². The molecule has 0 saturated carbocycles. The van der Waals surface area contributed by atoms with Crippen LogP contribution in [0.2, 0.25) is 0 Å². The maximum Gasteiger partial charge on any atom is 0.316 e. The molecule has 1 heterocycles. The Bertz CT molecular complexity index is 269. The van der Waals surface area contributed by atoms with Gasteiger partial charge in [0.2, 0.25) is 0 Å². The maximum absolute atomic E-state index is 5.30. The van der Waals surface area contributed by atoms with Crippen molar-refractivity contribution in [2.24, 2.45) is 0 Å². The molecule has 14 heavy (non-hydrogen) atoms. The van der Waals surface area contributed by atoms with Gasteiger partial charge in [-0.1, -0.05) is 0 Å². The summed E-state index contributed by atoms with van der Waals surface area (Å²) >= 11 is 0. The van der Waals surface area contributed by atoms with Crippen molar-refractivity contribution < 1.29 is 9.47 Å². The molecule has 0 unspecified atom stereocenters. The van der Waals surface area contributed by atoms with Gasteiger partial charge >= 0.3 is 6.01 Å². The Balaban J connectivity index is 2.42. The number of hydrogen-bond donors (Lipinski definition) is 0. The third-order valence-electron chi connectivity index (χ3n) is 1.55. The fourth-order valence-corrected chi connectivity index (χ4v) is 1.03. The molecule has 0 aliphatic carbocycles. The molecule has 0 saturated heterocycles. The van der Waals surface area contributed by atoms with Crippen LogP contribution in [-0.4, -0.2) is 29.8 Å². The molecule has 4 heteroatoms. The van der Waals surface area contributed by atoms with Crippen molar-refractivity contribution in [3.8, 4) is 6.01 Å². The summed E-state index contributed by atoms with van der Waals surface area (Å²) in [6, 6.07) is 3.38. The predicted molar refractivity (Wildman–Crippen MR) is 52.3 cm³/mol. The van der Waals surface area contributed by atoms with Gasteiger partial charge in [0.1, 0.15) is 6.61 Å². The van der Waals surface area contributed by atoms with Crippen molar-refractivity contribution in [3.05, 3.63) is 17.5 Å². The highest BCUT2D eigenvalue weighted by Crippen LogP contribution is 2.04. The zero-order chi connectivity index (χ0) is 10.4. The SMILES string of the molecule is CCOCCOc1nc(C)[c]c(C)n1. The van der Waals surface area contributed by atoms with E-state index in [1.165, 1.54) is 0 Å². The van der Waals surface area contributed by atoms with E-state index in [4.69, 9.17) is 9.47 Å². The van der Waals surface area contributed by atoms with Crippen LogP contribution in [0.25, 0.3) is 0 Å². The minimum Gasteiger partial charge on any atom is -0.461 e. The Hall–Kier alpha value is -1.16. The summed E-state index contributed by atoms with van der Waals surface area (Å²) in [6.07, 6.45) is 0. The number of rotatable bonds is 5. The quantitative estimate of drug-likeness (QED) is 0.664. The highest BCUT2D eigenvalue weighted by atomic mass is 16.5. The fraction of sp³-hybridized carbons (Fsp3) is 0.600. The van der Waals surface area contributed by atoms with E-state index in [1.807, 2.05) is 20.8 Å². The number of nitrogens with zero attached hydrogens (tertiary/aromatic N) is 2. The first kappa shape index (κ1) is 10.9. The van der Waals surface area contributed by atoms with Crippen LogP contribution in [-0.2, 0) is 4.74 Å². The highest BCUT2D eigenvalue weighted by molar-refractivity contribution is 5.08. The molecule has 0 fully saturated rings. The van der Waals surface area contributed by atoms with E-state index in [0.29, 0.717) is 25.8 Å². The van der Waals surface area contributed by atoms with E-state index < -0.39 is 0 Å². The van der Waals surface area contributed by atoms with Crippen LogP contribution < -0.4 is 4.74 Å². The standard InChI is InChI=1S/C10H15N2O2/c1-4-13-5-6-14-10-11-8(2)7-9(3)12-10/h4-6H2,1-3H3. The van der Waals surface area contributed by atoms with Crippen LogP contribution in [0.5, 0.6) is 6.01 Å². The van der Waals surface area contributed by atoms with Gasteiger partial charge in [-0.05, 0) is 20.8 Å². The molecule has 1 radical (unpaired) electrons. The molecule has 0 atom stereocenters. The van der Waals surface area contributed by atoms with E-state index in [-0.39, 0.29) is 0 Å². The van der Waals surface area contributed by atoms with Crippen molar-refractivity contribution in [2.45, 2.75) is 20.8 Å². The smallest absolute Gasteiger partial charge is 0.316 e. The van der Waals surface area contributed by atoms with Crippen LogP contribution >= 0.6 is 0 Å². The van der Waals surface area contributed by atoms with Gasteiger partial charge in [-0.15, -0.1) is 0 Å². The van der Waals surface area contributed by atoms with Gasteiger partial charge in [-0.3, -0.25) is 0 Å². The molecule has 0 amide bonds. The van der Waals surface area contributed by atoms with Crippen molar-refractivity contribution in [2.75, 3.05) is 19.8 Å². The second-order valence-corrected chi connectivity index (χ2v) is 2.85. The molecule has 0 aromatic carbocycles. The number of aromatic nitrogens is 2. The zero-order valence-corrected chi connectivity index (χ0v) is 8.83. The molecular formula is C10H15N2O2. The Labute approximate surface area is 84.3 Å². The van der Waals surface area contributed by atoms with Crippen LogP contribution in [0, 0.1) is 19.9 Å². The summed E-state index contributed by atoms with van der Waals surface area (Å²) in [5.41, 5.74) is 1.59. The molecule has 0 spiro atoms. The third kappa shape index (κ3) is 3.70. The van der Waals surface area contributed by atoms with Crippen LogP contribution in [0.15, 0.2) is 0 Å². The summed E-state index contributed by atoms with van der Waals surface area (Å²) in [6.45, 7) is 7.43. The van der Waals surface area contributed by atoms with Crippen molar-refractivity contribution in [1.82, 2.24) is 9.97 Å². The van der Waals surface area contributed by atoms with Gasteiger partial charge < -0.3 is 9.47 Å².